The molecule has 1 fully saturated rings. The number of rotatable bonds is 7. The summed E-state index contributed by atoms with van der Waals surface area (Å²) in [6.07, 6.45) is 6.80. The molecule has 1 saturated heterocycles. The molecular weight excluding hydrogens is 398 g/mol. The first-order valence-electron chi connectivity index (χ1n) is 10.4. The molecule has 11 nitrogen and oxygen atoms in total. The molecule has 0 unspecified atom stereocenters. The van der Waals surface area contributed by atoms with E-state index in [2.05, 4.69) is 15.1 Å². The molecule has 0 atom stereocenters. The van der Waals surface area contributed by atoms with Crippen LogP contribution in [0.3, 0.4) is 0 Å². The highest BCUT2D eigenvalue weighted by Gasteiger charge is 2.28. The van der Waals surface area contributed by atoms with Crippen molar-refractivity contribution in [3.63, 3.8) is 0 Å². The molecule has 4 rings (SSSR count). The Morgan fingerprint density at radius 2 is 2.06 bits per heavy atom. The zero-order valence-corrected chi connectivity index (χ0v) is 18.2. The second-order valence-corrected chi connectivity index (χ2v) is 8.09. The number of carbonyl (C=O) groups is 1. The van der Waals surface area contributed by atoms with Gasteiger partial charge in [-0.2, -0.15) is 10.2 Å². The molecule has 0 radical (unpaired) electrons. The van der Waals surface area contributed by atoms with Crippen LogP contribution >= 0.6 is 0 Å². The first-order valence-corrected chi connectivity index (χ1v) is 10.4. The van der Waals surface area contributed by atoms with Crippen molar-refractivity contribution in [2.24, 2.45) is 0 Å². The van der Waals surface area contributed by atoms with Crippen LogP contribution in [0, 0.1) is 0 Å². The van der Waals surface area contributed by atoms with E-state index in [0.29, 0.717) is 44.3 Å². The largest absolute Gasteiger partial charge is 0.383 e. The third-order valence-corrected chi connectivity index (χ3v) is 5.56. The fourth-order valence-corrected chi connectivity index (χ4v) is 3.98. The van der Waals surface area contributed by atoms with Crippen molar-refractivity contribution in [3.05, 3.63) is 18.7 Å². The fraction of sp³-hybridized carbons (Fsp3) is 0.550. The van der Waals surface area contributed by atoms with E-state index in [0.717, 1.165) is 29.5 Å². The van der Waals surface area contributed by atoms with Gasteiger partial charge in [0.05, 0.1) is 37.3 Å². The first kappa shape index (κ1) is 21.2. The standard InChI is InChI=1S/C20H29N9O2/c1-26(2)12-16(30)27-6-4-15(5-7-27)29-20-17(19(21)22-13-23-20)18(25-29)14-10-24-28(11-14)8-9-31-3/h10-11,13,15H,4-9,12H2,1-3H3,(H2,21,22,23). The van der Waals surface area contributed by atoms with Crippen LogP contribution in [0.2, 0.25) is 0 Å². The summed E-state index contributed by atoms with van der Waals surface area (Å²) in [5.41, 5.74) is 8.52. The maximum Gasteiger partial charge on any atom is 0.236 e. The van der Waals surface area contributed by atoms with Crippen LogP contribution in [-0.4, -0.2) is 92.7 Å². The summed E-state index contributed by atoms with van der Waals surface area (Å²) < 4.78 is 8.89. The van der Waals surface area contributed by atoms with Crippen molar-refractivity contribution < 1.29 is 9.53 Å². The van der Waals surface area contributed by atoms with E-state index in [1.54, 1.807) is 13.3 Å². The SMILES string of the molecule is COCCn1cc(-c2nn(C3CCN(C(=O)CN(C)C)CC3)c3ncnc(N)c23)cn1. The van der Waals surface area contributed by atoms with Crippen LogP contribution in [0.25, 0.3) is 22.3 Å². The van der Waals surface area contributed by atoms with Crippen LogP contribution < -0.4 is 5.73 Å². The number of likely N-dealkylation sites (N-methyl/N-ethyl adjacent to an activating group) is 1. The number of methoxy groups -OCH3 is 1. The number of carbonyl (C=O) groups excluding carboxylic acids is 1. The number of nitrogens with two attached hydrogens (primary N) is 1. The number of hydrogen-bond acceptors (Lipinski definition) is 8. The molecule has 3 aromatic rings. The van der Waals surface area contributed by atoms with Gasteiger partial charge in [-0.15, -0.1) is 0 Å². The Hall–Kier alpha value is -3.05. The minimum Gasteiger partial charge on any atom is -0.383 e. The maximum absolute atomic E-state index is 12.4. The van der Waals surface area contributed by atoms with Gasteiger partial charge in [-0.25, -0.2) is 14.6 Å². The van der Waals surface area contributed by atoms with Gasteiger partial charge in [0.2, 0.25) is 5.91 Å². The van der Waals surface area contributed by atoms with Crippen LogP contribution in [-0.2, 0) is 16.1 Å². The number of amides is 1. The summed E-state index contributed by atoms with van der Waals surface area (Å²) in [6, 6.07) is 0.137. The average Bonchev–Trinajstić information content (AvgIpc) is 3.37. The third kappa shape index (κ3) is 4.37. The van der Waals surface area contributed by atoms with E-state index in [-0.39, 0.29) is 11.9 Å². The second kappa shape index (κ2) is 8.98. The zero-order chi connectivity index (χ0) is 22.0. The van der Waals surface area contributed by atoms with Gasteiger partial charge in [-0.05, 0) is 26.9 Å². The summed E-state index contributed by atoms with van der Waals surface area (Å²) in [5.74, 6) is 0.555. The molecule has 166 valence electrons. The van der Waals surface area contributed by atoms with Gasteiger partial charge in [-0.3, -0.25) is 9.48 Å². The number of nitrogens with zero attached hydrogens (tertiary/aromatic N) is 8. The molecule has 1 aliphatic heterocycles. The van der Waals surface area contributed by atoms with Crippen molar-refractivity contribution in [1.29, 1.82) is 0 Å². The van der Waals surface area contributed by atoms with Crippen molar-refractivity contribution in [1.82, 2.24) is 39.3 Å². The molecule has 0 aliphatic carbocycles. The van der Waals surface area contributed by atoms with E-state index >= 15 is 0 Å². The van der Waals surface area contributed by atoms with E-state index < -0.39 is 0 Å². The Kier molecular flexibility index (Phi) is 6.14. The lowest BCUT2D eigenvalue weighted by Gasteiger charge is -2.32. The van der Waals surface area contributed by atoms with Crippen molar-refractivity contribution in [2.45, 2.75) is 25.4 Å². The molecule has 11 heteroatoms. The Morgan fingerprint density at radius 3 is 2.77 bits per heavy atom. The molecule has 4 heterocycles. The highest BCUT2D eigenvalue weighted by atomic mass is 16.5. The molecule has 2 N–H and O–H groups in total. The minimum atomic E-state index is 0.137. The normalized spacial score (nSPS) is 15.3. The van der Waals surface area contributed by atoms with Crippen LogP contribution in [0.5, 0.6) is 0 Å². The molecule has 3 aromatic heterocycles. The number of hydrogen-bond donors (Lipinski definition) is 1. The molecule has 0 aromatic carbocycles. The summed E-state index contributed by atoms with van der Waals surface area (Å²) in [7, 11) is 5.48. The number of nitrogen functional groups attached to an aromatic ring is 1. The van der Waals surface area contributed by atoms with Crippen molar-refractivity contribution >= 4 is 22.8 Å². The number of ether oxygens (including phenoxy) is 1. The summed E-state index contributed by atoms with van der Waals surface area (Å²) >= 11 is 0. The molecule has 31 heavy (non-hydrogen) atoms. The fourth-order valence-electron chi connectivity index (χ4n) is 3.98. The minimum absolute atomic E-state index is 0.137. The van der Waals surface area contributed by atoms with E-state index in [1.807, 2.05) is 39.5 Å². The van der Waals surface area contributed by atoms with E-state index in [9.17, 15) is 4.79 Å². The lowest BCUT2D eigenvalue weighted by molar-refractivity contribution is -0.133. The number of likely N-dealkylation sites (tertiary alicyclic amines) is 1. The predicted molar refractivity (Wildman–Crippen MR) is 116 cm³/mol. The van der Waals surface area contributed by atoms with Crippen molar-refractivity contribution in [3.8, 4) is 11.3 Å². The lowest BCUT2D eigenvalue weighted by atomic mass is 10.1. The second-order valence-electron chi connectivity index (χ2n) is 8.09. The molecule has 1 aliphatic rings. The summed E-state index contributed by atoms with van der Waals surface area (Å²) in [6.45, 7) is 3.05. The van der Waals surface area contributed by atoms with Gasteiger partial charge in [-0.1, -0.05) is 0 Å². The average molecular weight is 428 g/mol. The number of fused-ring (bicyclic) bond motifs is 1. The molecule has 0 bridgehead atoms. The van der Waals surface area contributed by atoms with Gasteiger partial charge < -0.3 is 20.3 Å². The smallest absolute Gasteiger partial charge is 0.236 e. The van der Waals surface area contributed by atoms with Gasteiger partial charge in [0.15, 0.2) is 5.65 Å². The van der Waals surface area contributed by atoms with Gasteiger partial charge in [0.1, 0.15) is 17.8 Å². The van der Waals surface area contributed by atoms with Gasteiger partial charge in [0.25, 0.3) is 0 Å². The quantitative estimate of drug-likeness (QED) is 0.583. The van der Waals surface area contributed by atoms with Crippen molar-refractivity contribution in [2.75, 3.05) is 53.2 Å². The maximum atomic E-state index is 12.4. The molecule has 1 amide bonds. The molecule has 0 spiro atoms. The number of anilines is 1. The Morgan fingerprint density at radius 1 is 1.29 bits per heavy atom. The Balaban J connectivity index is 1.61. The zero-order valence-electron chi connectivity index (χ0n) is 18.2. The molecular formula is C20H29N9O2. The molecule has 0 saturated carbocycles. The third-order valence-electron chi connectivity index (χ3n) is 5.56. The topological polar surface area (TPSA) is 120 Å². The Bertz CT molecular complexity index is 1050. The van der Waals surface area contributed by atoms with Crippen LogP contribution in [0.4, 0.5) is 5.82 Å². The highest BCUT2D eigenvalue weighted by molar-refractivity contribution is 5.98. The summed E-state index contributed by atoms with van der Waals surface area (Å²) in [5, 5.41) is 10.0. The number of piperidine rings is 1. The van der Waals surface area contributed by atoms with Gasteiger partial charge >= 0.3 is 0 Å². The first-order chi connectivity index (χ1) is 15.0. The Labute approximate surface area is 180 Å². The van der Waals surface area contributed by atoms with E-state index in [1.165, 1.54) is 6.33 Å². The summed E-state index contributed by atoms with van der Waals surface area (Å²) in [4.78, 5) is 24.9. The van der Waals surface area contributed by atoms with Gasteiger partial charge in [0, 0.05) is 32.0 Å². The van der Waals surface area contributed by atoms with E-state index in [4.69, 9.17) is 15.6 Å². The van der Waals surface area contributed by atoms with Crippen LogP contribution in [0.15, 0.2) is 18.7 Å². The highest BCUT2D eigenvalue weighted by Crippen LogP contribution is 2.33. The monoisotopic (exact) mass is 427 g/mol. The lowest BCUT2D eigenvalue weighted by Crippen LogP contribution is -2.43. The van der Waals surface area contributed by atoms with Crippen LogP contribution in [0.1, 0.15) is 18.9 Å². The predicted octanol–water partition coefficient (Wildman–Crippen LogP) is 0.644. The number of aromatic nitrogens is 6.